The number of aliphatic hydroxyl groups is 1. The third-order valence-corrected chi connectivity index (χ3v) is 19.0. The number of likely N-dealkylation sites (tertiary alicyclic amines) is 1. The van der Waals surface area contributed by atoms with E-state index in [1.807, 2.05) is 102 Å². The van der Waals surface area contributed by atoms with E-state index in [1.165, 1.54) is 4.90 Å². The molecule has 1 saturated heterocycles. The van der Waals surface area contributed by atoms with Crippen LogP contribution in [0.5, 0.6) is 11.6 Å². The predicted molar refractivity (Wildman–Crippen MR) is 244 cm³/mol. The fourth-order valence-corrected chi connectivity index (χ4v) is 11.9. The second-order valence-corrected chi connectivity index (χ2v) is 25.6. The maximum absolute atomic E-state index is 18.1. The van der Waals surface area contributed by atoms with Gasteiger partial charge in [0.2, 0.25) is 11.6 Å². The summed E-state index contributed by atoms with van der Waals surface area (Å²) in [5, 5.41) is 16.6. The molecule has 0 spiro atoms. The molecule has 5 aliphatic rings. The highest BCUT2D eigenvalue weighted by molar-refractivity contribution is 6.74. The highest BCUT2D eigenvalue weighted by Gasteiger charge is 2.68. The number of amides is 1. The van der Waals surface area contributed by atoms with E-state index in [-0.39, 0.29) is 89.4 Å². The molecule has 0 radical (unpaired) electrons. The second-order valence-electron chi connectivity index (χ2n) is 20.9. The monoisotopic (exact) mass is 906 g/mol. The summed E-state index contributed by atoms with van der Waals surface area (Å²) in [5.74, 6) is -4.49. The third kappa shape index (κ3) is 7.29. The van der Waals surface area contributed by atoms with Gasteiger partial charge in [0, 0.05) is 35.2 Å². The minimum atomic E-state index is -3.05. The molecule has 6 atom stereocenters. The van der Waals surface area contributed by atoms with Crippen molar-refractivity contribution >= 4 is 37.4 Å². The van der Waals surface area contributed by atoms with Crippen molar-refractivity contribution in [2.45, 2.75) is 115 Å². The van der Waals surface area contributed by atoms with E-state index < -0.39 is 77.7 Å². The number of carbonyl (C=O) groups excluding carboxylic acids is 3. The van der Waals surface area contributed by atoms with E-state index >= 15 is 14.0 Å². The van der Waals surface area contributed by atoms with Gasteiger partial charge in [-0.05, 0) is 99.9 Å². The Morgan fingerprint density at radius 1 is 0.969 bits per heavy atom. The number of ether oxygens (including phenoxy) is 3. The SMILES string of the molecule is CN1CCC2CN(C(=O)OC(C)(C)C)c3c(OCc4ccccc4)c4c(c(F)c3C21)C[C@H]1C[C@H]2[C@H](N)c3onc(OCc5ccccc5)c3C(=O)[C@@]2(O[Si](C)(C)C(C)(C)C)C(=O)C1=C4O. The van der Waals surface area contributed by atoms with Crippen LogP contribution in [0.1, 0.15) is 110 Å². The number of nitrogens with two attached hydrogens (primary N) is 1. The van der Waals surface area contributed by atoms with Crippen LogP contribution < -0.4 is 20.1 Å². The summed E-state index contributed by atoms with van der Waals surface area (Å²) in [6.07, 6.45) is 0.0673. The Morgan fingerprint density at radius 2 is 1.60 bits per heavy atom. The van der Waals surface area contributed by atoms with Gasteiger partial charge in [-0.25, -0.2) is 9.18 Å². The summed E-state index contributed by atoms with van der Waals surface area (Å²) >= 11 is 0. The van der Waals surface area contributed by atoms with Gasteiger partial charge in [0.1, 0.15) is 36.0 Å². The number of hydrogen-bond acceptors (Lipinski definition) is 12. The zero-order valence-corrected chi connectivity index (χ0v) is 39.6. The molecule has 13 nitrogen and oxygen atoms in total. The van der Waals surface area contributed by atoms with Gasteiger partial charge in [-0.1, -0.05) is 81.4 Å². The van der Waals surface area contributed by atoms with Crippen molar-refractivity contribution in [3.63, 3.8) is 0 Å². The molecular weight excluding hydrogens is 848 g/mol. The highest BCUT2D eigenvalue weighted by Crippen LogP contribution is 2.60. The normalized spacial score (nSPS) is 25.3. The molecule has 344 valence electrons. The number of ketones is 2. The van der Waals surface area contributed by atoms with Gasteiger partial charge in [0.05, 0.1) is 17.3 Å². The molecule has 4 aromatic rings. The Kier molecular flexibility index (Phi) is 11.0. The summed E-state index contributed by atoms with van der Waals surface area (Å²) in [6.45, 7) is 16.2. The Bertz CT molecular complexity index is 2600. The first-order chi connectivity index (χ1) is 30.6. The van der Waals surface area contributed by atoms with Gasteiger partial charge in [0.15, 0.2) is 25.4 Å². The predicted octanol–water partition coefficient (Wildman–Crippen LogP) is 9.41. The van der Waals surface area contributed by atoms with Crippen molar-refractivity contribution in [1.82, 2.24) is 10.1 Å². The maximum atomic E-state index is 18.1. The van der Waals surface area contributed by atoms with Crippen molar-refractivity contribution in [3.05, 3.63) is 111 Å². The molecule has 3 N–H and O–H groups in total. The fourth-order valence-electron chi connectivity index (χ4n) is 10.4. The first kappa shape index (κ1) is 44.8. The molecule has 0 bridgehead atoms. The summed E-state index contributed by atoms with van der Waals surface area (Å²) in [5.41, 5.74) is 5.97. The number of carbonyl (C=O) groups is 3. The van der Waals surface area contributed by atoms with E-state index in [9.17, 15) is 9.90 Å². The minimum absolute atomic E-state index is 0.00665. The Hall–Kier alpha value is -5.35. The van der Waals surface area contributed by atoms with Gasteiger partial charge >= 0.3 is 6.09 Å². The van der Waals surface area contributed by atoms with Gasteiger partial charge in [-0.15, -0.1) is 0 Å². The number of halogens is 1. The van der Waals surface area contributed by atoms with E-state index in [1.54, 1.807) is 20.8 Å². The van der Waals surface area contributed by atoms with E-state index in [0.29, 0.717) is 6.54 Å². The van der Waals surface area contributed by atoms with Crippen LogP contribution in [0.4, 0.5) is 14.9 Å². The van der Waals surface area contributed by atoms with Gasteiger partial charge < -0.3 is 34.0 Å². The number of aliphatic hydroxyl groups excluding tert-OH is 1. The van der Waals surface area contributed by atoms with Crippen molar-refractivity contribution in [1.29, 1.82) is 0 Å². The molecule has 9 rings (SSSR count). The van der Waals surface area contributed by atoms with Crippen molar-refractivity contribution in [3.8, 4) is 11.6 Å². The Labute approximate surface area is 380 Å². The lowest BCUT2D eigenvalue weighted by Crippen LogP contribution is -2.68. The van der Waals surface area contributed by atoms with Crippen LogP contribution in [-0.4, -0.2) is 72.5 Å². The average Bonchev–Trinajstić information content (AvgIpc) is 3.85. The molecule has 2 fully saturated rings. The summed E-state index contributed by atoms with van der Waals surface area (Å²) < 4.78 is 49.9. The van der Waals surface area contributed by atoms with Crippen LogP contribution in [0.15, 0.2) is 70.8 Å². The van der Waals surface area contributed by atoms with Crippen LogP contribution >= 0.6 is 0 Å². The number of Topliss-reactive ketones (excluding diaryl/α,β-unsaturated/α-hetero) is 2. The smallest absolute Gasteiger partial charge is 0.414 e. The Morgan fingerprint density at radius 3 is 2.22 bits per heavy atom. The minimum Gasteiger partial charge on any atom is -0.507 e. The van der Waals surface area contributed by atoms with E-state index in [4.69, 9.17) is 28.9 Å². The molecule has 3 heterocycles. The lowest BCUT2D eigenvalue weighted by Gasteiger charge is -2.53. The average molecular weight is 907 g/mol. The van der Waals surface area contributed by atoms with Crippen molar-refractivity contribution in [2.75, 3.05) is 25.0 Å². The highest BCUT2D eigenvalue weighted by atomic mass is 28.4. The van der Waals surface area contributed by atoms with Crippen LogP contribution in [0.25, 0.3) is 5.76 Å². The molecule has 2 aliphatic heterocycles. The van der Waals surface area contributed by atoms with E-state index in [0.717, 1.165) is 17.5 Å². The number of nitrogens with zero attached hydrogens (tertiary/aromatic N) is 3. The maximum Gasteiger partial charge on any atom is 0.414 e. The second kappa shape index (κ2) is 15.9. The standard InChI is InChI=1S/C50H59FN4O9Si/c1-48(2,3)62-47(59)55-24-29-20-21-54(7)39(29)35-37(51)31-22-30-23-32-38(52)42-36(46(53-63-42)61-26-28-18-14-11-15-19-28)45(58)50(32,64-65(8,9)49(4,5)6)44(57)33(30)41(56)34(31)43(40(35)55)60-25-27-16-12-10-13-17-27/h10-19,29-30,32,38-39,56H,20-26,52H2,1-9H3/t29?,30-,32-,38-,39?,50-/m0/s1. The number of hydrogen-bond donors (Lipinski definition) is 2. The van der Waals surface area contributed by atoms with E-state index in [2.05, 4.69) is 10.1 Å². The topological polar surface area (TPSA) is 167 Å². The zero-order valence-electron chi connectivity index (χ0n) is 38.6. The summed E-state index contributed by atoms with van der Waals surface area (Å²) in [4.78, 5) is 49.4. The number of rotatable bonds is 8. The van der Waals surface area contributed by atoms with Gasteiger partial charge in [-0.2, -0.15) is 0 Å². The first-order valence-corrected chi connectivity index (χ1v) is 25.5. The molecule has 3 aliphatic carbocycles. The number of anilines is 1. The quantitative estimate of drug-likeness (QED) is 0.127. The van der Waals surface area contributed by atoms with Gasteiger partial charge in [0.25, 0.3) is 5.88 Å². The molecule has 2 unspecified atom stereocenters. The molecule has 1 aromatic heterocycles. The molecule has 1 saturated carbocycles. The summed E-state index contributed by atoms with van der Waals surface area (Å²) in [6, 6.07) is 17.3. The zero-order chi connectivity index (χ0) is 46.5. The number of aromatic nitrogens is 1. The molecule has 3 aromatic carbocycles. The fraction of sp³-hybridized carbons (Fsp3) is 0.480. The van der Waals surface area contributed by atoms with Crippen LogP contribution in [0.3, 0.4) is 0 Å². The van der Waals surface area contributed by atoms with Crippen LogP contribution in [0, 0.1) is 23.6 Å². The van der Waals surface area contributed by atoms with Crippen molar-refractivity contribution in [2.24, 2.45) is 23.5 Å². The van der Waals surface area contributed by atoms with Crippen LogP contribution in [-0.2, 0) is 33.6 Å². The molecule has 1 amide bonds. The third-order valence-electron chi connectivity index (χ3n) is 14.5. The number of benzene rings is 3. The van der Waals surface area contributed by atoms with Crippen LogP contribution in [0.2, 0.25) is 18.1 Å². The lowest BCUT2D eigenvalue weighted by atomic mass is 9.57. The van der Waals surface area contributed by atoms with Gasteiger partial charge in [-0.3, -0.25) is 19.4 Å². The molecule has 15 heteroatoms. The molecular formula is C50H59FN4O9Si. The Balaban J connectivity index is 1.26. The van der Waals surface area contributed by atoms with Crippen molar-refractivity contribution < 1.29 is 47.0 Å². The first-order valence-electron chi connectivity index (χ1n) is 22.6. The largest absolute Gasteiger partial charge is 0.507 e. The number of fused-ring (bicyclic) bond motifs is 7. The summed E-state index contributed by atoms with van der Waals surface area (Å²) in [7, 11) is -1.11. The molecule has 65 heavy (non-hydrogen) atoms. The lowest BCUT2D eigenvalue weighted by molar-refractivity contribution is -0.138.